The Kier molecular flexibility index (Phi) is 29.8. The van der Waals surface area contributed by atoms with Crippen molar-refractivity contribution >= 4 is 11.9 Å². The Hall–Kier alpha value is -2.44. The molecule has 1 rings (SSSR count). The summed E-state index contributed by atoms with van der Waals surface area (Å²) in [7, 11) is 0. The number of unbranched alkanes of at least 4 members (excludes halogenated alkanes) is 11. The maximum atomic E-state index is 12.2. The van der Waals surface area contributed by atoms with Gasteiger partial charge in [0.25, 0.3) is 0 Å². The highest BCUT2D eigenvalue weighted by atomic mass is 16.6. The Labute approximate surface area is 300 Å². The second-order valence-electron chi connectivity index (χ2n) is 13.8. The lowest BCUT2D eigenvalue weighted by Crippen LogP contribution is -2.28. The fourth-order valence-electron chi connectivity index (χ4n) is 5.57. The highest BCUT2D eigenvalue weighted by Crippen LogP contribution is 2.29. The number of ether oxygens (including phenoxy) is 3. The van der Waals surface area contributed by atoms with Crippen LogP contribution in [0.15, 0.2) is 60.8 Å². The predicted octanol–water partition coefficient (Wildman–Crippen LogP) is 11.2. The van der Waals surface area contributed by atoms with Crippen molar-refractivity contribution in [3.05, 3.63) is 60.8 Å². The summed E-state index contributed by atoms with van der Waals surface area (Å²) in [4.78, 5) is 24.2. The van der Waals surface area contributed by atoms with Gasteiger partial charge in [-0.3, -0.25) is 9.59 Å². The first-order valence-electron chi connectivity index (χ1n) is 19.8. The van der Waals surface area contributed by atoms with Crippen molar-refractivity contribution in [2.45, 2.75) is 180 Å². The van der Waals surface area contributed by atoms with Crippen molar-refractivity contribution in [1.82, 2.24) is 0 Å². The fraction of sp³-hybridized carbons (Fsp3) is 0.721. The van der Waals surface area contributed by atoms with Gasteiger partial charge in [0, 0.05) is 12.8 Å². The van der Waals surface area contributed by atoms with E-state index in [1.54, 1.807) is 0 Å². The molecular formula is C43H72O6. The van der Waals surface area contributed by atoms with Crippen LogP contribution in [0, 0.1) is 5.92 Å². The third-order valence-corrected chi connectivity index (χ3v) is 8.67. The average Bonchev–Trinajstić information content (AvgIpc) is 3.84. The number of epoxide rings is 1. The minimum atomic E-state index is -0.805. The first-order valence-corrected chi connectivity index (χ1v) is 19.8. The molecule has 1 heterocycles. The highest BCUT2D eigenvalue weighted by molar-refractivity contribution is 5.70. The van der Waals surface area contributed by atoms with Crippen LogP contribution in [0.5, 0.6) is 0 Å². The molecule has 3 atom stereocenters. The summed E-state index contributed by atoms with van der Waals surface area (Å²) in [5.74, 6) is 0.139. The van der Waals surface area contributed by atoms with Crippen LogP contribution in [-0.4, -0.2) is 48.6 Å². The molecule has 1 fully saturated rings. The summed E-state index contributed by atoms with van der Waals surface area (Å²) >= 11 is 0. The molecule has 0 aliphatic carbocycles. The maximum absolute atomic E-state index is 12.2. The molecule has 0 aromatic heterocycles. The molecule has 280 valence electrons. The molecule has 6 heteroatoms. The first kappa shape index (κ1) is 44.6. The van der Waals surface area contributed by atoms with Gasteiger partial charge >= 0.3 is 11.9 Å². The van der Waals surface area contributed by atoms with Crippen molar-refractivity contribution < 1.29 is 28.9 Å². The highest BCUT2D eigenvalue weighted by Gasteiger charge is 2.35. The predicted molar refractivity (Wildman–Crippen MR) is 204 cm³/mol. The van der Waals surface area contributed by atoms with Gasteiger partial charge in [-0.1, -0.05) is 159 Å². The third-order valence-electron chi connectivity index (χ3n) is 8.67. The Bertz CT molecular complexity index is 946. The number of rotatable bonds is 33. The molecule has 6 nitrogen and oxygen atoms in total. The van der Waals surface area contributed by atoms with Crippen LogP contribution >= 0.6 is 0 Å². The van der Waals surface area contributed by atoms with Gasteiger partial charge in [-0.25, -0.2) is 0 Å². The fourth-order valence-corrected chi connectivity index (χ4v) is 5.57. The second-order valence-corrected chi connectivity index (χ2v) is 13.8. The van der Waals surface area contributed by atoms with Crippen LogP contribution in [-0.2, 0) is 23.8 Å². The Morgan fingerprint density at radius 1 is 0.633 bits per heavy atom. The Morgan fingerprint density at radius 2 is 1.12 bits per heavy atom. The van der Waals surface area contributed by atoms with Crippen molar-refractivity contribution in [2.24, 2.45) is 5.92 Å². The van der Waals surface area contributed by atoms with Gasteiger partial charge in [0.15, 0.2) is 6.10 Å². The topological polar surface area (TPSA) is 85.4 Å². The van der Waals surface area contributed by atoms with E-state index in [1.807, 2.05) is 12.2 Å². The van der Waals surface area contributed by atoms with Gasteiger partial charge in [-0.05, 0) is 57.3 Å². The van der Waals surface area contributed by atoms with Gasteiger partial charge in [0.1, 0.15) is 6.61 Å². The van der Waals surface area contributed by atoms with Gasteiger partial charge in [-0.15, -0.1) is 0 Å². The quantitative estimate of drug-likeness (QED) is 0.0320. The molecule has 1 aliphatic rings. The standard InChI is InChI=1S/C43H72O6/c1-4-5-26-32-40-41(49-40)33-28-23-19-15-11-7-9-12-16-20-24-29-34-42(45)47-37-39(36-44)48-43(46)35-30-25-21-17-13-8-6-10-14-18-22-27-31-38(2)3/h5,9,11-12,15,20,23-24,26,28,38-41,44H,4,6-8,10,13-14,16-19,21-22,25,27,29-37H2,1-3H3/b12-9-,15-11-,24-20-,26-5-,28-23-/t39-,40?,41?/m0/s1. The molecule has 0 bridgehead atoms. The number of aliphatic hydroxyl groups is 1. The Morgan fingerprint density at radius 3 is 1.65 bits per heavy atom. The number of hydrogen-bond acceptors (Lipinski definition) is 6. The van der Waals surface area contributed by atoms with Crippen molar-refractivity contribution in [1.29, 1.82) is 0 Å². The van der Waals surface area contributed by atoms with E-state index in [0.29, 0.717) is 25.0 Å². The van der Waals surface area contributed by atoms with Gasteiger partial charge < -0.3 is 19.3 Å². The van der Waals surface area contributed by atoms with E-state index in [0.717, 1.165) is 63.7 Å². The van der Waals surface area contributed by atoms with E-state index < -0.39 is 6.10 Å². The summed E-state index contributed by atoms with van der Waals surface area (Å²) in [5.41, 5.74) is 0. The van der Waals surface area contributed by atoms with Crippen molar-refractivity contribution in [3.63, 3.8) is 0 Å². The number of aliphatic hydroxyl groups excluding tert-OH is 1. The third kappa shape index (κ3) is 30.1. The van der Waals surface area contributed by atoms with Gasteiger partial charge in [0.05, 0.1) is 18.8 Å². The molecule has 0 spiro atoms. The lowest BCUT2D eigenvalue weighted by atomic mass is 10.0. The number of allylic oxidation sites excluding steroid dienone is 8. The lowest BCUT2D eigenvalue weighted by molar-refractivity contribution is -0.161. The first-order chi connectivity index (χ1) is 24.0. The summed E-state index contributed by atoms with van der Waals surface area (Å²) in [6.07, 6.45) is 44.8. The molecule has 1 N–H and O–H groups in total. The molecule has 0 aromatic rings. The molecule has 1 saturated heterocycles. The largest absolute Gasteiger partial charge is 0.462 e. The minimum Gasteiger partial charge on any atom is -0.462 e. The van der Waals surface area contributed by atoms with Crippen LogP contribution < -0.4 is 0 Å². The summed E-state index contributed by atoms with van der Waals surface area (Å²) < 4.78 is 16.2. The zero-order valence-electron chi connectivity index (χ0n) is 31.5. The van der Waals surface area contributed by atoms with Gasteiger partial charge in [-0.2, -0.15) is 0 Å². The summed E-state index contributed by atoms with van der Waals surface area (Å²) in [5, 5.41) is 9.55. The van der Waals surface area contributed by atoms with E-state index in [2.05, 4.69) is 69.4 Å². The number of esters is 2. The van der Waals surface area contributed by atoms with E-state index >= 15 is 0 Å². The van der Waals surface area contributed by atoms with Gasteiger partial charge in [0.2, 0.25) is 0 Å². The molecule has 0 aromatic carbocycles. The average molecular weight is 685 g/mol. The molecule has 0 saturated carbocycles. The summed E-state index contributed by atoms with van der Waals surface area (Å²) in [6.45, 7) is 6.29. The monoisotopic (exact) mass is 685 g/mol. The molecule has 1 aliphatic heterocycles. The zero-order chi connectivity index (χ0) is 35.6. The SMILES string of the molecule is CC/C=C\CC1OC1C/C=C\C/C=C\C/C=C\C/C=C\CCC(=O)OC[C@H](CO)OC(=O)CCCCCCCCCCCCCCC(C)C. The lowest BCUT2D eigenvalue weighted by Gasteiger charge is -2.15. The van der Waals surface area contributed by atoms with E-state index in [1.165, 1.54) is 64.2 Å². The smallest absolute Gasteiger partial charge is 0.306 e. The Balaban J connectivity index is 1.94. The molecular weight excluding hydrogens is 612 g/mol. The maximum Gasteiger partial charge on any atom is 0.306 e. The van der Waals surface area contributed by atoms with Crippen LogP contribution in [0.4, 0.5) is 0 Å². The number of carbonyl (C=O) groups is 2. The molecule has 2 unspecified atom stereocenters. The molecule has 0 radical (unpaired) electrons. The van der Waals surface area contributed by atoms with E-state index in [9.17, 15) is 14.7 Å². The normalized spacial score (nSPS) is 17.1. The van der Waals surface area contributed by atoms with Crippen LogP contribution in [0.1, 0.15) is 162 Å². The second kappa shape index (κ2) is 32.7. The number of carbonyl (C=O) groups excluding carboxylic acids is 2. The van der Waals surface area contributed by atoms with Crippen molar-refractivity contribution in [3.8, 4) is 0 Å². The van der Waals surface area contributed by atoms with Crippen LogP contribution in [0.25, 0.3) is 0 Å². The minimum absolute atomic E-state index is 0.110. The molecule has 0 amide bonds. The van der Waals surface area contributed by atoms with E-state index in [4.69, 9.17) is 14.2 Å². The van der Waals surface area contributed by atoms with Crippen molar-refractivity contribution in [2.75, 3.05) is 13.2 Å². The molecule has 49 heavy (non-hydrogen) atoms. The van der Waals surface area contributed by atoms with Crippen LogP contribution in [0.2, 0.25) is 0 Å². The van der Waals surface area contributed by atoms with E-state index in [-0.39, 0.29) is 31.6 Å². The summed E-state index contributed by atoms with van der Waals surface area (Å²) in [6, 6.07) is 0. The number of hydrogen-bond donors (Lipinski definition) is 1. The van der Waals surface area contributed by atoms with Crippen LogP contribution in [0.3, 0.4) is 0 Å². The zero-order valence-corrected chi connectivity index (χ0v) is 31.5.